The van der Waals surface area contributed by atoms with Gasteiger partial charge in [-0.15, -0.1) is 0 Å². The monoisotopic (exact) mass is 378 g/mol. The Hall–Kier alpha value is -1.96. The fourth-order valence-electron chi connectivity index (χ4n) is 4.25. The first-order chi connectivity index (χ1) is 13.1. The van der Waals surface area contributed by atoms with Crippen LogP contribution >= 0.6 is 0 Å². The second kappa shape index (κ2) is 9.30. The van der Waals surface area contributed by atoms with E-state index >= 15 is 0 Å². The van der Waals surface area contributed by atoms with Gasteiger partial charge in [0, 0.05) is 26.6 Å². The molecule has 0 aromatic carbocycles. The minimum absolute atomic E-state index is 0.0122. The lowest BCUT2D eigenvalue weighted by Gasteiger charge is -2.37. The summed E-state index contributed by atoms with van der Waals surface area (Å²) in [7, 11) is 1.48. The Labute approximate surface area is 160 Å². The predicted octanol–water partition coefficient (Wildman–Crippen LogP) is 1.80. The second-order valence-corrected chi connectivity index (χ2v) is 7.71. The molecule has 8 nitrogen and oxygen atoms in total. The molecule has 0 spiro atoms. The third-order valence-electron chi connectivity index (χ3n) is 5.69. The number of rotatable bonds is 7. The Balaban J connectivity index is 1.61. The molecule has 1 aliphatic heterocycles. The van der Waals surface area contributed by atoms with Gasteiger partial charge in [0.25, 0.3) is 0 Å². The summed E-state index contributed by atoms with van der Waals surface area (Å²) < 4.78 is 10.3. The van der Waals surface area contributed by atoms with E-state index in [1.165, 1.54) is 32.8 Å². The number of nitrogens with zero attached hydrogens (tertiary/aromatic N) is 3. The van der Waals surface area contributed by atoms with Gasteiger partial charge in [-0.1, -0.05) is 30.8 Å². The van der Waals surface area contributed by atoms with Crippen LogP contribution in [0.3, 0.4) is 0 Å². The predicted molar refractivity (Wildman–Crippen MR) is 98.0 cm³/mol. The molecule has 1 N–H and O–H groups in total. The molecule has 0 radical (unpaired) electrons. The molecule has 2 amide bonds. The van der Waals surface area contributed by atoms with Crippen molar-refractivity contribution in [2.45, 2.75) is 63.8 Å². The number of carbonyl (C=O) groups is 2. The van der Waals surface area contributed by atoms with E-state index in [1.54, 1.807) is 6.92 Å². The molecule has 1 aromatic heterocycles. The molecule has 1 aliphatic carbocycles. The van der Waals surface area contributed by atoms with Gasteiger partial charge in [-0.2, -0.15) is 4.98 Å². The zero-order valence-corrected chi connectivity index (χ0v) is 16.3. The van der Waals surface area contributed by atoms with E-state index in [-0.39, 0.29) is 30.4 Å². The lowest BCUT2D eigenvalue weighted by Crippen LogP contribution is -2.53. The van der Waals surface area contributed by atoms with Crippen LogP contribution in [0.1, 0.15) is 62.6 Å². The number of hydrogen-bond donors (Lipinski definition) is 1. The highest BCUT2D eigenvalue weighted by Crippen LogP contribution is 2.30. The van der Waals surface area contributed by atoms with Crippen molar-refractivity contribution in [3.63, 3.8) is 0 Å². The first-order valence-electron chi connectivity index (χ1n) is 9.93. The summed E-state index contributed by atoms with van der Waals surface area (Å²) in [5.74, 6) is 1.67. The summed E-state index contributed by atoms with van der Waals surface area (Å²) in [6.45, 7) is 2.87. The minimum atomic E-state index is -0.253. The van der Waals surface area contributed by atoms with Crippen molar-refractivity contribution < 1.29 is 18.8 Å². The van der Waals surface area contributed by atoms with E-state index in [0.29, 0.717) is 43.6 Å². The molecule has 2 fully saturated rings. The molecule has 27 heavy (non-hydrogen) atoms. The zero-order valence-electron chi connectivity index (χ0n) is 16.3. The topological polar surface area (TPSA) is 97.6 Å². The van der Waals surface area contributed by atoms with Gasteiger partial charge in [0.05, 0.1) is 12.0 Å². The van der Waals surface area contributed by atoms with Crippen LogP contribution in [0, 0.1) is 12.8 Å². The SMILES string of the molecule is COCC(=O)N[C@@H]1CN(C(=O)CCC2CCCC2)CC[C@@H]1c1nc(C)no1. The van der Waals surface area contributed by atoms with Crippen molar-refractivity contribution in [1.29, 1.82) is 0 Å². The van der Waals surface area contributed by atoms with Gasteiger partial charge in [-0.05, 0) is 25.7 Å². The third kappa shape index (κ3) is 5.28. The molecular weight excluding hydrogens is 348 g/mol. The molecule has 8 heteroatoms. The molecular formula is C19H30N4O4. The molecule has 1 saturated carbocycles. The molecule has 2 atom stereocenters. The molecule has 2 heterocycles. The maximum absolute atomic E-state index is 12.7. The first kappa shape index (κ1) is 19.8. The number of amides is 2. The van der Waals surface area contributed by atoms with Crippen LogP contribution in [0.25, 0.3) is 0 Å². The lowest BCUT2D eigenvalue weighted by atomic mass is 9.90. The molecule has 2 aliphatic rings. The summed E-state index contributed by atoms with van der Waals surface area (Å²) in [6.07, 6.45) is 7.34. The van der Waals surface area contributed by atoms with E-state index in [2.05, 4.69) is 15.5 Å². The van der Waals surface area contributed by atoms with Gasteiger partial charge in [-0.3, -0.25) is 9.59 Å². The average molecular weight is 378 g/mol. The van der Waals surface area contributed by atoms with E-state index in [4.69, 9.17) is 9.26 Å². The van der Waals surface area contributed by atoms with Crippen molar-refractivity contribution in [3.8, 4) is 0 Å². The number of aryl methyl sites for hydroxylation is 1. The molecule has 3 rings (SSSR count). The molecule has 1 aromatic rings. The highest BCUT2D eigenvalue weighted by molar-refractivity contribution is 5.78. The van der Waals surface area contributed by atoms with Crippen LogP contribution in [-0.2, 0) is 14.3 Å². The van der Waals surface area contributed by atoms with Gasteiger partial charge in [0.2, 0.25) is 17.7 Å². The van der Waals surface area contributed by atoms with Crippen LogP contribution < -0.4 is 5.32 Å². The largest absolute Gasteiger partial charge is 0.375 e. The maximum Gasteiger partial charge on any atom is 0.246 e. The Kier molecular flexibility index (Phi) is 6.82. The summed E-state index contributed by atoms with van der Waals surface area (Å²) >= 11 is 0. The number of methoxy groups -OCH3 is 1. The van der Waals surface area contributed by atoms with Crippen LogP contribution in [0.15, 0.2) is 4.52 Å². The summed E-state index contributed by atoms with van der Waals surface area (Å²) in [5.41, 5.74) is 0. The maximum atomic E-state index is 12.7. The fraction of sp³-hybridized carbons (Fsp3) is 0.789. The van der Waals surface area contributed by atoms with E-state index in [9.17, 15) is 9.59 Å². The van der Waals surface area contributed by atoms with Crippen LogP contribution in [-0.4, -0.2) is 59.7 Å². The van der Waals surface area contributed by atoms with Crippen molar-refractivity contribution in [2.24, 2.45) is 5.92 Å². The smallest absolute Gasteiger partial charge is 0.246 e. The quantitative estimate of drug-likeness (QED) is 0.777. The van der Waals surface area contributed by atoms with Crippen molar-refractivity contribution in [1.82, 2.24) is 20.4 Å². The average Bonchev–Trinajstić information content (AvgIpc) is 3.31. The highest BCUT2D eigenvalue weighted by atomic mass is 16.5. The summed E-state index contributed by atoms with van der Waals surface area (Å²) in [4.78, 5) is 31.0. The number of hydrogen-bond acceptors (Lipinski definition) is 6. The van der Waals surface area contributed by atoms with Gasteiger partial charge in [-0.25, -0.2) is 0 Å². The van der Waals surface area contributed by atoms with Gasteiger partial charge >= 0.3 is 0 Å². The van der Waals surface area contributed by atoms with E-state index in [0.717, 1.165) is 6.42 Å². The van der Waals surface area contributed by atoms with Gasteiger partial charge < -0.3 is 19.5 Å². The third-order valence-corrected chi connectivity index (χ3v) is 5.69. The van der Waals surface area contributed by atoms with Crippen LogP contribution in [0.4, 0.5) is 0 Å². The Morgan fingerprint density at radius 2 is 2.07 bits per heavy atom. The summed E-state index contributed by atoms with van der Waals surface area (Å²) in [6, 6.07) is -0.253. The molecule has 150 valence electrons. The van der Waals surface area contributed by atoms with Crippen molar-refractivity contribution >= 4 is 11.8 Å². The normalized spacial score (nSPS) is 23.6. The Morgan fingerprint density at radius 3 is 2.74 bits per heavy atom. The summed E-state index contributed by atoms with van der Waals surface area (Å²) in [5, 5.41) is 6.84. The standard InChI is InChI=1S/C19H30N4O4/c1-13-20-19(27-22-13)15-9-10-23(11-16(15)21-17(24)12-26-2)18(25)8-7-14-5-3-4-6-14/h14-16H,3-12H2,1-2H3,(H,21,24)/t15-,16+/m0/s1. The van der Waals surface area contributed by atoms with Crippen molar-refractivity contribution in [3.05, 3.63) is 11.7 Å². The minimum Gasteiger partial charge on any atom is -0.375 e. The number of nitrogens with one attached hydrogen (secondary N) is 1. The molecule has 0 unspecified atom stereocenters. The lowest BCUT2D eigenvalue weighted by molar-refractivity contribution is -0.134. The van der Waals surface area contributed by atoms with E-state index in [1.807, 2.05) is 4.90 Å². The van der Waals surface area contributed by atoms with Crippen LogP contribution in [0.2, 0.25) is 0 Å². The van der Waals surface area contributed by atoms with Gasteiger partial charge in [0.1, 0.15) is 6.61 Å². The Morgan fingerprint density at radius 1 is 1.30 bits per heavy atom. The highest BCUT2D eigenvalue weighted by Gasteiger charge is 2.36. The number of aromatic nitrogens is 2. The van der Waals surface area contributed by atoms with Crippen LogP contribution in [0.5, 0.6) is 0 Å². The fourth-order valence-corrected chi connectivity index (χ4v) is 4.25. The number of carbonyl (C=O) groups excluding carboxylic acids is 2. The van der Waals surface area contributed by atoms with E-state index < -0.39 is 0 Å². The Bertz CT molecular complexity index is 641. The van der Waals surface area contributed by atoms with Gasteiger partial charge in [0.15, 0.2) is 5.82 Å². The second-order valence-electron chi connectivity index (χ2n) is 7.71. The molecule has 1 saturated heterocycles. The number of piperidine rings is 1. The number of ether oxygens (including phenoxy) is 1. The zero-order chi connectivity index (χ0) is 19.2. The number of likely N-dealkylation sites (tertiary alicyclic amines) is 1. The van der Waals surface area contributed by atoms with Crippen molar-refractivity contribution in [2.75, 3.05) is 26.8 Å². The first-order valence-corrected chi connectivity index (χ1v) is 9.93. The molecule has 0 bridgehead atoms.